The average Bonchev–Trinajstić information content (AvgIpc) is 3.09. The summed E-state index contributed by atoms with van der Waals surface area (Å²) in [5.74, 6) is 1.17. The molecule has 0 aliphatic carbocycles. The molecule has 0 bridgehead atoms. The molecular weight excluding hydrogens is 374 g/mol. The van der Waals surface area contributed by atoms with E-state index in [1.165, 1.54) is 0 Å². The molecule has 0 fully saturated rings. The third-order valence-corrected chi connectivity index (χ3v) is 4.71. The summed E-state index contributed by atoms with van der Waals surface area (Å²) in [5, 5.41) is 15.3. The Hall–Kier alpha value is -3.24. The van der Waals surface area contributed by atoms with E-state index in [4.69, 9.17) is 20.9 Å². The quantitative estimate of drug-likeness (QED) is 0.436. The molecule has 1 aromatic heterocycles. The van der Waals surface area contributed by atoms with Gasteiger partial charge in [-0.1, -0.05) is 59.2 Å². The number of phenolic OH excluding ortho intramolecular Hbond substituents is 1. The fourth-order valence-corrected chi connectivity index (χ4v) is 3.16. The Morgan fingerprint density at radius 2 is 1.75 bits per heavy atom. The molecule has 4 rings (SSSR count). The molecule has 4 nitrogen and oxygen atoms in total. The number of aromatic hydroxyl groups is 1. The van der Waals surface area contributed by atoms with Crippen LogP contribution in [0.25, 0.3) is 22.5 Å². The molecule has 0 radical (unpaired) electrons. The molecule has 0 unspecified atom stereocenters. The van der Waals surface area contributed by atoms with E-state index in [9.17, 15) is 5.11 Å². The number of halogens is 1. The second kappa shape index (κ2) is 7.79. The summed E-state index contributed by atoms with van der Waals surface area (Å²) < 4.78 is 11.3. The normalized spacial score (nSPS) is 10.8. The number of benzene rings is 3. The van der Waals surface area contributed by atoms with Crippen LogP contribution >= 0.6 is 11.6 Å². The van der Waals surface area contributed by atoms with Crippen molar-refractivity contribution < 1.29 is 14.4 Å². The maximum Gasteiger partial charge on any atom is 0.178 e. The van der Waals surface area contributed by atoms with Crippen LogP contribution in [0.4, 0.5) is 0 Å². The SMILES string of the molecule is Cc1noc(-c2ccc(OCc3ccc(Cl)cc3)cc2O)c1-c1ccccc1. The number of hydrogen-bond donors (Lipinski definition) is 1. The molecule has 0 aliphatic rings. The minimum atomic E-state index is 0.0712. The van der Waals surface area contributed by atoms with E-state index < -0.39 is 0 Å². The van der Waals surface area contributed by atoms with Crippen LogP contribution in [-0.4, -0.2) is 10.3 Å². The van der Waals surface area contributed by atoms with Gasteiger partial charge in [0, 0.05) is 11.1 Å². The van der Waals surface area contributed by atoms with Gasteiger partial charge in [-0.2, -0.15) is 0 Å². The number of hydrogen-bond acceptors (Lipinski definition) is 4. The minimum Gasteiger partial charge on any atom is -0.507 e. The minimum absolute atomic E-state index is 0.0712. The molecule has 0 atom stereocenters. The highest BCUT2D eigenvalue weighted by molar-refractivity contribution is 6.30. The van der Waals surface area contributed by atoms with Crippen molar-refractivity contribution in [1.29, 1.82) is 0 Å². The van der Waals surface area contributed by atoms with Crippen molar-refractivity contribution in [2.45, 2.75) is 13.5 Å². The zero-order valence-electron chi connectivity index (χ0n) is 15.2. The first-order chi connectivity index (χ1) is 13.6. The molecule has 0 spiro atoms. The Morgan fingerprint density at radius 3 is 2.46 bits per heavy atom. The molecule has 1 N–H and O–H groups in total. The molecule has 0 amide bonds. The Labute approximate surface area is 168 Å². The molecule has 4 aromatic rings. The molecule has 0 aliphatic heterocycles. The van der Waals surface area contributed by atoms with Gasteiger partial charge >= 0.3 is 0 Å². The van der Waals surface area contributed by atoms with Crippen molar-refractivity contribution in [3.8, 4) is 33.9 Å². The first-order valence-corrected chi connectivity index (χ1v) is 9.22. The summed E-state index contributed by atoms with van der Waals surface area (Å²) in [4.78, 5) is 0. The van der Waals surface area contributed by atoms with Gasteiger partial charge in [0.1, 0.15) is 18.1 Å². The van der Waals surface area contributed by atoms with Crippen molar-refractivity contribution in [2.75, 3.05) is 0 Å². The maximum atomic E-state index is 10.6. The lowest BCUT2D eigenvalue weighted by Crippen LogP contribution is -1.95. The van der Waals surface area contributed by atoms with Gasteiger partial charge in [0.25, 0.3) is 0 Å². The molecule has 140 valence electrons. The van der Waals surface area contributed by atoms with E-state index in [-0.39, 0.29) is 5.75 Å². The molecule has 0 saturated heterocycles. The van der Waals surface area contributed by atoms with Gasteiger partial charge in [0.2, 0.25) is 0 Å². The van der Waals surface area contributed by atoms with E-state index in [0.717, 1.165) is 22.4 Å². The first-order valence-electron chi connectivity index (χ1n) is 8.84. The van der Waals surface area contributed by atoms with Crippen LogP contribution in [0, 0.1) is 6.92 Å². The summed E-state index contributed by atoms with van der Waals surface area (Å²) in [6.07, 6.45) is 0. The lowest BCUT2D eigenvalue weighted by Gasteiger charge is -2.09. The van der Waals surface area contributed by atoms with Crippen LogP contribution in [0.5, 0.6) is 11.5 Å². The predicted molar refractivity (Wildman–Crippen MR) is 110 cm³/mol. The largest absolute Gasteiger partial charge is 0.507 e. The van der Waals surface area contributed by atoms with Crippen LogP contribution in [0.2, 0.25) is 5.02 Å². The number of rotatable bonds is 5. The van der Waals surface area contributed by atoms with Crippen molar-refractivity contribution >= 4 is 11.6 Å². The monoisotopic (exact) mass is 391 g/mol. The maximum absolute atomic E-state index is 10.6. The highest BCUT2D eigenvalue weighted by Gasteiger charge is 2.19. The Balaban J connectivity index is 1.60. The van der Waals surface area contributed by atoms with E-state index >= 15 is 0 Å². The summed E-state index contributed by atoms with van der Waals surface area (Å²) in [7, 11) is 0. The van der Waals surface area contributed by atoms with Crippen LogP contribution in [0.1, 0.15) is 11.3 Å². The van der Waals surface area contributed by atoms with Crippen LogP contribution in [-0.2, 0) is 6.61 Å². The zero-order valence-corrected chi connectivity index (χ0v) is 16.0. The average molecular weight is 392 g/mol. The number of phenols is 1. The zero-order chi connectivity index (χ0) is 19.5. The number of nitrogens with zero attached hydrogens (tertiary/aromatic N) is 1. The van der Waals surface area contributed by atoms with Gasteiger partial charge < -0.3 is 14.4 Å². The van der Waals surface area contributed by atoms with Gasteiger partial charge in [-0.15, -0.1) is 0 Å². The Kier molecular flexibility index (Phi) is 5.04. The van der Waals surface area contributed by atoms with Crippen molar-refractivity contribution in [3.05, 3.63) is 89.1 Å². The topological polar surface area (TPSA) is 55.5 Å². The van der Waals surface area contributed by atoms with Crippen molar-refractivity contribution in [3.63, 3.8) is 0 Å². The second-order valence-electron chi connectivity index (χ2n) is 6.43. The molecule has 0 saturated carbocycles. The molecule has 1 heterocycles. The third-order valence-electron chi connectivity index (χ3n) is 4.46. The second-order valence-corrected chi connectivity index (χ2v) is 6.87. The standard InChI is InChI=1S/C23H18ClNO3/c1-15-22(17-5-3-2-4-6-17)23(28-25-15)20-12-11-19(13-21(20)26)27-14-16-7-9-18(24)10-8-16/h2-13,26H,14H2,1H3. The molecular formula is C23H18ClNO3. The van der Waals surface area contributed by atoms with E-state index in [0.29, 0.717) is 28.7 Å². The van der Waals surface area contributed by atoms with E-state index in [2.05, 4.69) is 5.16 Å². The molecule has 3 aromatic carbocycles. The first kappa shape index (κ1) is 18.1. The Bertz CT molecular complexity index is 1090. The highest BCUT2D eigenvalue weighted by Crippen LogP contribution is 2.40. The number of ether oxygens (including phenoxy) is 1. The van der Waals surface area contributed by atoms with Crippen molar-refractivity contribution in [1.82, 2.24) is 5.16 Å². The lowest BCUT2D eigenvalue weighted by molar-refractivity contribution is 0.304. The van der Waals surface area contributed by atoms with Crippen molar-refractivity contribution in [2.24, 2.45) is 0 Å². The summed E-state index contributed by atoms with van der Waals surface area (Å²) in [5.41, 5.74) is 4.18. The number of aryl methyl sites for hydroxylation is 1. The van der Waals surface area contributed by atoms with Crippen LogP contribution in [0.15, 0.2) is 77.3 Å². The number of aromatic nitrogens is 1. The van der Waals surface area contributed by atoms with Gasteiger partial charge in [0.05, 0.1) is 16.8 Å². The molecule has 28 heavy (non-hydrogen) atoms. The van der Waals surface area contributed by atoms with Gasteiger partial charge in [0.15, 0.2) is 5.76 Å². The fraction of sp³-hybridized carbons (Fsp3) is 0.0870. The van der Waals surface area contributed by atoms with Gasteiger partial charge in [-0.25, -0.2) is 0 Å². The third kappa shape index (κ3) is 3.73. The van der Waals surface area contributed by atoms with Crippen LogP contribution < -0.4 is 4.74 Å². The van der Waals surface area contributed by atoms with Crippen LogP contribution in [0.3, 0.4) is 0 Å². The Morgan fingerprint density at radius 1 is 1.00 bits per heavy atom. The fourth-order valence-electron chi connectivity index (χ4n) is 3.04. The summed E-state index contributed by atoms with van der Waals surface area (Å²) in [6, 6.07) is 22.5. The van der Waals surface area contributed by atoms with Gasteiger partial charge in [-0.05, 0) is 42.3 Å². The predicted octanol–water partition coefficient (Wildman–Crippen LogP) is 6.26. The summed E-state index contributed by atoms with van der Waals surface area (Å²) >= 11 is 5.90. The van der Waals surface area contributed by atoms with E-state index in [1.54, 1.807) is 18.2 Å². The smallest absolute Gasteiger partial charge is 0.178 e. The molecule has 5 heteroatoms. The summed E-state index contributed by atoms with van der Waals surface area (Å²) in [6.45, 7) is 2.27. The lowest BCUT2D eigenvalue weighted by atomic mass is 9.99. The highest BCUT2D eigenvalue weighted by atomic mass is 35.5. The van der Waals surface area contributed by atoms with Gasteiger partial charge in [-0.3, -0.25) is 0 Å². The van der Waals surface area contributed by atoms with E-state index in [1.807, 2.05) is 61.5 Å².